The molecule has 0 aliphatic rings. The van der Waals surface area contributed by atoms with Crippen LogP contribution in [0.5, 0.6) is 0 Å². The summed E-state index contributed by atoms with van der Waals surface area (Å²) in [5.74, 6) is -0.378. The van der Waals surface area contributed by atoms with Crippen molar-refractivity contribution in [2.75, 3.05) is 17.1 Å². The summed E-state index contributed by atoms with van der Waals surface area (Å²) in [5.41, 5.74) is 4.21. The quantitative estimate of drug-likeness (QED) is 0.626. The van der Waals surface area contributed by atoms with Crippen molar-refractivity contribution >= 4 is 21.6 Å². The van der Waals surface area contributed by atoms with Gasteiger partial charge in [0.2, 0.25) is 15.9 Å². The van der Waals surface area contributed by atoms with Gasteiger partial charge in [-0.15, -0.1) is 0 Å². The van der Waals surface area contributed by atoms with Crippen LogP contribution >= 0.6 is 0 Å². The molecular weight excluding hydrogens is 396 g/mol. The van der Waals surface area contributed by atoms with Crippen LogP contribution < -0.4 is 9.62 Å². The highest BCUT2D eigenvalue weighted by molar-refractivity contribution is 7.92. The number of anilines is 1. The first-order chi connectivity index (χ1) is 14.2. The second kappa shape index (κ2) is 9.13. The van der Waals surface area contributed by atoms with E-state index < -0.39 is 10.0 Å². The maximum absolute atomic E-state index is 13.0. The minimum absolute atomic E-state index is 0.294. The topological polar surface area (TPSA) is 66.5 Å². The van der Waals surface area contributed by atoms with Gasteiger partial charge in [-0.25, -0.2) is 8.42 Å². The average Bonchev–Trinajstić information content (AvgIpc) is 2.70. The van der Waals surface area contributed by atoms with Crippen LogP contribution in [-0.2, 0) is 14.8 Å². The highest BCUT2D eigenvalue weighted by Gasteiger charge is 2.24. The molecule has 1 N–H and O–H groups in total. The number of amides is 1. The Labute approximate surface area is 178 Å². The number of carbonyl (C=O) groups excluding carboxylic acids is 1. The molecule has 0 atom stereocenters. The normalized spacial score (nSPS) is 11.3. The van der Waals surface area contributed by atoms with E-state index in [1.807, 2.05) is 80.6 Å². The summed E-state index contributed by atoms with van der Waals surface area (Å²) in [5, 5.41) is 3.01. The molecule has 1 amide bonds. The van der Waals surface area contributed by atoms with E-state index in [9.17, 15) is 13.2 Å². The van der Waals surface area contributed by atoms with Gasteiger partial charge in [-0.05, 0) is 48.2 Å². The molecule has 30 heavy (non-hydrogen) atoms. The van der Waals surface area contributed by atoms with Crippen molar-refractivity contribution in [3.8, 4) is 0 Å². The molecule has 0 aliphatic carbocycles. The summed E-state index contributed by atoms with van der Waals surface area (Å²) in [4.78, 5) is 13.0. The molecule has 0 radical (unpaired) electrons. The number of benzene rings is 3. The summed E-state index contributed by atoms with van der Waals surface area (Å²) in [6, 6.07) is 24.4. The summed E-state index contributed by atoms with van der Waals surface area (Å²) in [6.07, 6.45) is 1.11. The van der Waals surface area contributed by atoms with E-state index in [0.717, 1.165) is 32.8 Å². The second-order valence-electron chi connectivity index (χ2n) is 7.44. The molecule has 0 saturated carbocycles. The smallest absolute Gasteiger partial charge is 0.241 e. The van der Waals surface area contributed by atoms with Gasteiger partial charge in [0.15, 0.2) is 0 Å². The number of carbonyl (C=O) groups is 1. The number of hydrogen-bond donors (Lipinski definition) is 1. The lowest BCUT2D eigenvalue weighted by Gasteiger charge is -2.25. The lowest BCUT2D eigenvalue weighted by Crippen LogP contribution is -2.41. The molecule has 0 heterocycles. The van der Waals surface area contributed by atoms with Crippen LogP contribution in [0.1, 0.15) is 28.3 Å². The maximum Gasteiger partial charge on any atom is 0.241 e. The Morgan fingerprint density at radius 1 is 0.867 bits per heavy atom. The summed E-state index contributed by atoms with van der Waals surface area (Å²) >= 11 is 0. The van der Waals surface area contributed by atoms with Gasteiger partial charge in [0.25, 0.3) is 0 Å². The number of nitrogens with zero attached hydrogens (tertiary/aromatic N) is 1. The number of rotatable bonds is 7. The van der Waals surface area contributed by atoms with E-state index >= 15 is 0 Å². The van der Waals surface area contributed by atoms with E-state index in [4.69, 9.17) is 0 Å². The number of sulfonamides is 1. The zero-order valence-electron chi connectivity index (χ0n) is 17.4. The Morgan fingerprint density at radius 3 is 1.77 bits per heavy atom. The predicted octanol–water partition coefficient (Wildman–Crippen LogP) is 3.98. The predicted molar refractivity (Wildman–Crippen MR) is 121 cm³/mol. The third-order valence-corrected chi connectivity index (χ3v) is 5.89. The molecule has 0 saturated heterocycles. The van der Waals surface area contributed by atoms with Gasteiger partial charge in [-0.3, -0.25) is 9.10 Å². The van der Waals surface area contributed by atoms with E-state index in [0.29, 0.717) is 5.69 Å². The SMILES string of the molecule is Cc1cc(C)cc(N(CC(=O)NC(c2ccccc2)c2ccccc2)S(C)(=O)=O)c1. The van der Waals surface area contributed by atoms with E-state index in [2.05, 4.69) is 5.32 Å². The van der Waals surface area contributed by atoms with Crippen LogP contribution in [0, 0.1) is 13.8 Å². The standard InChI is InChI=1S/C24H26N2O3S/c1-18-14-19(2)16-22(15-18)26(30(3,28)29)17-23(27)25-24(20-10-6-4-7-11-20)21-12-8-5-9-13-21/h4-16,24H,17H2,1-3H3,(H,25,27). The first kappa shape index (κ1) is 21.6. The first-order valence-corrected chi connectivity index (χ1v) is 11.5. The largest absolute Gasteiger partial charge is 0.344 e. The Morgan fingerprint density at radius 2 is 1.33 bits per heavy atom. The third-order valence-electron chi connectivity index (χ3n) is 4.75. The van der Waals surface area contributed by atoms with Gasteiger partial charge >= 0.3 is 0 Å². The van der Waals surface area contributed by atoms with Crippen LogP contribution in [0.4, 0.5) is 5.69 Å². The van der Waals surface area contributed by atoms with E-state index in [1.54, 1.807) is 12.1 Å². The van der Waals surface area contributed by atoms with Gasteiger partial charge in [-0.2, -0.15) is 0 Å². The Kier molecular flexibility index (Phi) is 6.57. The summed E-state index contributed by atoms with van der Waals surface area (Å²) < 4.78 is 26.1. The zero-order valence-corrected chi connectivity index (χ0v) is 18.2. The van der Waals surface area contributed by atoms with E-state index in [1.165, 1.54) is 0 Å². The Bertz CT molecular complexity index is 1050. The van der Waals surface area contributed by atoms with Gasteiger partial charge in [0.1, 0.15) is 6.54 Å². The fourth-order valence-electron chi connectivity index (χ4n) is 3.48. The van der Waals surface area contributed by atoms with Crippen LogP contribution in [0.15, 0.2) is 78.9 Å². The highest BCUT2D eigenvalue weighted by atomic mass is 32.2. The molecule has 0 aliphatic heterocycles. The summed E-state index contributed by atoms with van der Waals surface area (Å²) in [7, 11) is -3.64. The van der Waals surface area contributed by atoms with Crippen molar-refractivity contribution in [2.45, 2.75) is 19.9 Å². The molecule has 3 aromatic carbocycles. The monoisotopic (exact) mass is 422 g/mol. The molecule has 0 fully saturated rings. The van der Waals surface area contributed by atoms with Crippen molar-refractivity contribution < 1.29 is 13.2 Å². The van der Waals surface area contributed by atoms with Crippen LogP contribution in [-0.4, -0.2) is 27.1 Å². The molecule has 0 unspecified atom stereocenters. The Hall–Kier alpha value is -3.12. The fourth-order valence-corrected chi connectivity index (χ4v) is 4.32. The molecule has 5 nitrogen and oxygen atoms in total. The first-order valence-electron chi connectivity index (χ1n) is 9.69. The molecule has 3 aromatic rings. The number of hydrogen-bond acceptors (Lipinski definition) is 3. The van der Waals surface area contributed by atoms with Gasteiger partial charge in [0, 0.05) is 0 Å². The molecule has 3 rings (SSSR count). The van der Waals surface area contributed by atoms with Crippen LogP contribution in [0.2, 0.25) is 0 Å². The third kappa shape index (κ3) is 5.48. The van der Waals surface area contributed by atoms with Gasteiger partial charge in [0.05, 0.1) is 18.0 Å². The molecule has 0 bridgehead atoms. The molecule has 0 spiro atoms. The van der Waals surface area contributed by atoms with Crippen molar-refractivity contribution in [1.29, 1.82) is 0 Å². The number of aryl methyl sites for hydroxylation is 2. The van der Waals surface area contributed by atoms with E-state index in [-0.39, 0.29) is 18.5 Å². The lowest BCUT2D eigenvalue weighted by molar-refractivity contribution is -0.120. The molecule has 0 aromatic heterocycles. The van der Waals surface area contributed by atoms with Crippen LogP contribution in [0.3, 0.4) is 0 Å². The lowest BCUT2D eigenvalue weighted by atomic mass is 9.99. The average molecular weight is 423 g/mol. The molecular formula is C24H26N2O3S. The zero-order chi connectivity index (χ0) is 21.7. The van der Waals surface area contributed by atoms with Crippen molar-refractivity contribution in [3.05, 3.63) is 101 Å². The fraction of sp³-hybridized carbons (Fsp3) is 0.208. The Balaban J connectivity index is 1.89. The second-order valence-corrected chi connectivity index (χ2v) is 9.34. The highest BCUT2D eigenvalue weighted by Crippen LogP contribution is 2.24. The van der Waals surface area contributed by atoms with Crippen molar-refractivity contribution in [1.82, 2.24) is 5.32 Å². The minimum atomic E-state index is -3.64. The molecule has 156 valence electrons. The van der Waals surface area contributed by atoms with Crippen LogP contribution in [0.25, 0.3) is 0 Å². The molecule has 6 heteroatoms. The van der Waals surface area contributed by atoms with Gasteiger partial charge < -0.3 is 5.32 Å². The van der Waals surface area contributed by atoms with Crippen molar-refractivity contribution in [3.63, 3.8) is 0 Å². The summed E-state index contributed by atoms with van der Waals surface area (Å²) in [6.45, 7) is 3.51. The maximum atomic E-state index is 13.0. The minimum Gasteiger partial charge on any atom is -0.344 e. The number of nitrogens with one attached hydrogen (secondary N) is 1. The van der Waals surface area contributed by atoms with Crippen molar-refractivity contribution in [2.24, 2.45) is 0 Å². The van der Waals surface area contributed by atoms with Gasteiger partial charge in [-0.1, -0.05) is 66.7 Å².